The van der Waals surface area contributed by atoms with Gasteiger partial charge in [0.15, 0.2) is 0 Å². The second kappa shape index (κ2) is 5.74. The lowest BCUT2D eigenvalue weighted by atomic mass is 10.2. The van der Waals surface area contributed by atoms with E-state index in [9.17, 15) is 0 Å². The summed E-state index contributed by atoms with van der Waals surface area (Å²) in [4.78, 5) is 2.56. The highest BCUT2D eigenvalue weighted by molar-refractivity contribution is 6.31. The average Bonchev–Trinajstić information content (AvgIpc) is 3.11. The monoisotopic (exact) mass is 252 g/mol. The van der Waals surface area contributed by atoms with Crippen molar-refractivity contribution in [2.24, 2.45) is 0 Å². The molecule has 0 aliphatic heterocycles. The molecule has 0 heterocycles. The Hall–Kier alpha value is -0.730. The lowest BCUT2D eigenvalue weighted by Crippen LogP contribution is -2.26. The minimum atomic E-state index is 0.741. The molecule has 0 bridgehead atoms. The fourth-order valence-corrected chi connectivity index (χ4v) is 2.35. The minimum Gasteiger partial charge on any atom is -0.399 e. The first-order valence-corrected chi connectivity index (χ1v) is 6.86. The first-order chi connectivity index (χ1) is 8.20. The first kappa shape index (κ1) is 12.7. The molecular formula is C14H21ClN2. The molecule has 0 amide bonds. The normalized spacial score (nSPS) is 15.5. The van der Waals surface area contributed by atoms with Crippen LogP contribution in [0.25, 0.3) is 0 Å². The van der Waals surface area contributed by atoms with Gasteiger partial charge in [0.05, 0.1) is 0 Å². The van der Waals surface area contributed by atoms with Crippen LogP contribution in [-0.4, -0.2) is 17.5 Å². The number of anilines is 1. The molecule has 0 atom stereocenters. The Morgan fingerprint density at radius 3 is 2.76 bits per heavy atom. The molecule has 1 aromatic rings. The number of halogens is 1. The maximum Gasteiger partial charge on any atom is 0.0471 e. The predicted octanol–water partition coefficient (Wildman–Crippen LogP) is 3.69. The Balaban J connectivity index is 2.00. The van der Waals surface area contributed by atoms with Crippen LogP contribution in [0.1, 0.15) is 38.2 Å². The molecule has 2 N–H and O–H groups in total. The highest BCUT2D eigenvalue weighted by Gasteiger charge is 2.28. The van der Waals surface area contributed by atoms with E-state index >= 15 is 0 Å². The van der Waals surface area contributed by atoms with E-state index in [1.54, 1.807) is 0 Å². The summed E-state index contributed by atoms with van der Waals surface area (Å²) in [5.41, 5.74) is 7.65. The van der Waals surface area contributed by atoms with Gasteiger partial charge in [-0.2, -0.15) is 0 Å². The Labute approximate surface area is 109 Å². The van der Waals surface area contributed by atoms with Crippen LogP contribution < -0.4 is 5.73 Å². The molecule has 94 valence electrons. The van der Waals surface area contributed by atoms with Crippen molar-refractivity contribution in [3.05, 3.63) is 28.8 Å². The van der Waals surface area contributed by atoms with E-state index in [4.69, 9.17) is 17.3 Å². The summed E-state index contributed by atoms with van der Waals surface area (Å²) >= 11 is 6.23. The Morgan fingerprint density at radius 1 is 1.41 bits per heavy atom. The fraction of sp³-hybridized carbons (Fsp3) is 0.571. The van der Waals surface area contributed by atoms with Crippen molar-refractivity contribution >= 4 is 17.3 Å². The van der Waals surface area contributed by atoms with Crippen molar-refractivity contribution in [1.82, 2.24) is 4.90 Å². The number of unbranched alkanes of at least 4 members (excludes halogenated alkanes) is 1. The molecule has 1 aliphatic carbocycles. The summed E-state index contributed by atoms with van der Waals surface area (Å²) in [7, 11) is 0. The lowest BCUT2D eigenvalue weighted by molar-refractivity contribution is 0.251. The van der Waals surface area contributed by atoms with E-state index in [2.05, 4.69) is 17.9 Å². The third-order valence-corrected chi connectivity index (χ3v) is 3.66. The maximum atomic E-state index is 6.23. The molecule has 2 rings (SSSR count). The molecule has 1 aromatic carbocycles. The van der Waals surface area contributed by atoms with E-state index in [0.29, 0.717) is 0 Å². The smallest absolute Gasteiger partial charge is 0.0471 e. The number of hydrogen-bond donors (Lipinski definition) is 1. The number of rotatable bonds is 6. The Morgan fingerprint density at radius 2 is 2.18 bits per heavy atom. The van der Waals surface area contributed by atoms with Gasteiger partial charge in [0.2, 0.25) is 0 Å². The quantitative estimate of drug-likeness (QED) is 0.783. The van der Waals surface area contributed by atoms with Crippen LogP contribution in [0, 0.1) is 0 Å². The molecule has 1 saturated carbocycles. The van der Waals surface area contributed by atoms with Crippen molar-refractivity contribution in [3.63, 3.8) is 0 Å². The standard InChI is InChI=1S/C14H21ClN2/c1-2-3-8-17(13-6-7-13)10-11-4-5-12(16)9-14(11)15/h4-5,9,13H,2-3,6-8,10,16H2,1H3. The van der Waals surface area contributed by atoms with Gasteiger partial charge < -0.3 is 5.73 Å². The van der Waals surface area contributed by atoms with E-state index in [1.165, 1.54) is 37.8 Å². The van der Waals surface area contributed by atoms with Gasteiger partial charge in [0.1, 0.15) is 0 Å². The first-order valence-electron chi connectivity index (χ1n) is 6.48. The summed E-state index contributed by atoms with van der Waals surface area (Å²) in [6, 6.07) is 6.63. The molecule has 1 fully saturated rings. The molecule has 0 unspecified atom stereocenters. The van der Waals surface area contributed by atoms with Crippen molar-refractivity contribution in [3.8, 4) is 0 Å². The van der Waals surface area contributed by atoms with E-state index in [0.717, 1.165) is 23.3 Å². The zero-order valence-corrected chi connectivity index (χ0v) is 11.2. The molecular weight excluding hydrogens is 232 g/mol. The summed E-state index contributed by atoms with van der Waals surface area (Å²) in [5, 5.41) is 0.798. The second-order valence-corrected chi connectivity index (χ2v) is 5.31. The molecule has 1 aliphatic rings. The molecule has 0 saturated heterocycles. The third kappa shape index (κ3) is 3.62. The van der Waals surface area contributed by atoms with E-state index in [1.807, 2.05) is 12.1 Å². The van der Waals surface area contributed by atoms with Gasteiger partial charge in [-0.05, 0) is 43.5 Å². The largest absolute Gasteiger partial charge is 0.399 e. The number of benzene rings is 1. The van der Waals surface area contributed by atoms with Crippen molar-refractivity contribution in [2.45, 2.75) is 45.2 Å². The van der Waals surface area contributed by atoms with Gasteiger partial charge in [-0.3, -0.25) is 4.90 Å². The predicted molar refractivity (Wildman–Crippen MR) is 74.2 cm³/mol. The van der Waals surface area contributed by atoms with Crippen LogP contribution in [0.3, 0.4) is 0 Å². The van der Waals surface area contributed by atoms with Crippen LogP contribution in [0.5, 0.6) is 0 Å². The van der Waals surface area contributed by atoms with Crippen LogP contribution >= 0.6 is 11.6 Å². The summed E-state index contributed by atoms with van der Waals surface area (Å²) in [6.45, 7) is 4.38. The lowest BCUT2D eigenvalue weighted by Gasteiger charge is -2.22. The number of hydrogen-bond acceptors (Lipinski definition) is 2. The van der Waals surface area contributed by atoms with Gasteiger partial charge in [-0.25, -0.2) is 0 Å². The van der Waals surface area contributed by atoms with Crippen molar-refractivity contribution in [2.75, 3.05) is 12.3 Å². The van der Waals surface area contributed by atoms with E-state index < -0.39 is 0 Å². The molecule has 3 heteroatoms. The highest BCUT2D eigenvalue weighted by Crippen LogP contribution is 2.30. The third-order valence-electron chi connectivity index (χ3n) is 3.31. The highest BCUT2D eigenvalue weighted by atomic mass is 35.5. The fourth-order valence-electron chi connectivity index (χ4n) is 2.10. The SMILES string of the molecule is CCCCN(Cc1ccc(N)cc1Cl)C1CC1. The van der Waals surface area contributed by atoms with Crippen molar-refractivity contribution < 1.29 is 0 Å². The Bertz CT molecular complexity index is 374. The van der Waals surface area contributed by atoms with Crippen LogP contribution in [-0.2, 0) is 6.54 Å². The van der Waals surface area contributed by atoms with Gasteiger partial charge >= 0.3 is 0 Å². The summed E-state index contributed by atoms with van der Waals surface area (Å²) in [5.74, 6) is 0. The molecule has 0 aromatic heterocycles. The van der Waals surface area contributed by atoms with E-state index in [-0.39, 0.29) is 0 Å². The molecule has 0 radical (unpaired) electrons. The van der Waals surface area contributed by atoms with Crippen LogP contribution in [0.2, 0.25) is 5.02 Å². The second-order valence-electron chi connectivity index (χ2n) is 4.91. The number of nitrogens with zero attached hydrogens (tertiary/aromatic N) is 1. The van der Waals surface area contributed by atoms with Gasteiger partial charge in [0, 0.05) is 23.3 Å². The minimum absolute atomic E-state index is 0.741. The zero-order chi connectivity index (χ0) is 12.3. The van der Waals surface area contributed by atoms with Gasteiger partial charge in [-0.15, -0.1) is 0 Å². The van der Waals surface area contributed by atoms with Crippen molar-refractivity contribution in [1.29, 1.82) is 0 Å². The maximum absolute atomic E-state index is 6.23. The van der Waals surface area contributed by atoms with Crippen LogP contribution in [0.4, 0.5) is 5.69 Å². The molecule has 17 heavy (non-hydrogen) atoms. The molecule has 0 spiro atoms. The summed E-state index contributed by atoms with van der Waals surface area (Å²) < 4.78 is 0. The number of nitrogens with two attached hydrogens (primary N) is 1. The molecule has 2 nitrogen and oxygen atoms in total. The van der Waals surface area contributed by atoms with Crippen LogP contribution in [0.15, 0.2) is 18.2 Å². The summed E-state index contributed by atoms with van der Waals surface area (Å²) in [6.07, 6.45) is 5.20. The topological polar surface area (TPSA) is 29.3 Å². The number of nitrogen functional groups attached to an aromatic ring is 1. The average molecular weight is 253 g/mol. The van der Waals surface area contributed by atoms with Gasteiger partial charge in [-0.1, -0.05) is 31.0 Å². The zero-order valence-electron chi connectivity index (χ0n) is 10.5. The van der Waals surface area contributed by atoms with Gasteiger partial charge in [0.25, 0.3) is 0 Å². The Kier molecular flexibility index (Phi) is 4.30.